The van der Waals surface area contributed by atoms with Gasteiger partial charge in [-0.1, -0.05) is 54.6 Å². The van der Waals surface area contributed by atoms with Crippen molar-refractivity contribution < 1.29 is 4.39 Å². The van der Waals surface area contributed by atoms with Gasteiger partial charge in [0, 0.05) is 0 Å². The van der Waals surface area contributed by atoms with Crippen molar-refractivity contribution in [3.63, 3.8) is 0 Å². The third-order valence-corrected chi connectivity index (χ3v) is 4.27. The van der Waals surface area contributed by atoms with Crippen molar-refractivity contribution in [1.82, 2.24) is 0 Å². The van der Waals surface area contributed by atoms with Gasteiger partial charge in [-0.2, -0.15) is 0 Å². The first-order chi connectivity index (χ1) is 10.7. The molecule has 0 aliphatic carbocycles. The maximum absolute atomic E-state index is 14.4. The average Bonchev–Trinajstić information content (AvgIpc) is 2.55. The Balaban J connectivity index is 2.17. The zero-order valence-corrected chi connectivity index (χ0v) is 12.3. The number of hydrogen-bond donors (Lipinski definition) is 0. The van der Waals surface area contributed by atoms with E-state index >= 15 is 0 Å². The van der Waals surface area contributed by atoms with Gasteiger partial charge in [-0.3, -0.25) is 0 Å². The fourth-order valence-electron chi connectivity index (χ4n) is 3.14. The highest BCUT2D eigenvalue weighted by Gasteiger charge is 2.12. The molecule has 0 spiro atoms. The third-order valence-electron chi connectivity index (χ3n) is 4.27. The van der Waals surface area contributed by atoms with Crippen molar-refractivity contribution in [2.24, 2.45) is 0 Å². The Morgan fingerprint density at radius 1 is 0.682 bits per heavy atom. The van der Waals surface area contributed by atoms with Crippen molar-refractivity contribution in [3.8, 4) is 11.1 Å². The second-order valence-corrected chi connectivity index (χ2v) is 5.64. The number of hydrogen-bond acceptors (Lipinski definition) is 0. The number of fused-ring (bicyclic) bond motifs is 2. The van der Waals surface area contributed by atoms with E-state index in [1.165, 1.54) is 5.39 Å². The molecule has 0 radical (unpaired) electrons. The molecule has 4 aromatic carbocycles. The molecule has 0 unspecified atom stereocenters. The summed E-state index contributed by atoms with van der Waals surface area (Å²) in [6.07, 6.45) is 0. The Labute approximate surface area is 128 Å². The Morgan fingerprint density at radius 3 is 2.05 bits per heavy atom. The second-order valence-electron chi connectivity index (χ2n) is 5.64. The Bertz CT molecular complexity index is 985. The van der Waals surface area contributed by atoms with Crippen molar-refractivity contribution in [2.45, 2.75) is 6.92 Å². The lowest BCUT2D eigenvalue weighted by molar-refractivity contribution is 0.621. The molecule has 0 heterocycles. The van der Waals surface area contributed by atoms with Crippen molar-refractivity contribution in [3.05, 3.63) is 84.2 Å². The minimum Gasteiger partial charge on any atom is -0.207 e. The molecule has 0 nitrogen and oxygen atoms in total. The Hall–Kier alpha value is -2.67. The van der Waals surface area contributed by atoms with Gasteiger partial charge >= 0.3 is 0 Å². The molecule has 4 aromatic rings. The summed E-state index contributed by atoms with van der Waals surface area (Å²) in [6.45, 7) is 1.85. The summed E-state index contributed by atoms with van der Waals surface area (Å²) in [6, 6.07) is 24.1. The number of halogens is 1. The van der Waals surface area contributed by atoms with Crippen LogP contribution in [0.25, 0.3) is 32.7 Å². The standard InChI is InChI=1S/C21H15F/c1-14-20(22)13-18-11-16-9-5-6-10-17(16)12-19(18)21(14)15-7-3-2-4-8-15/h2-13H,1H3. The van der Waals surface area contributed by atoms with Crippen LogP contribution in [0, 0.1) is 12.7 Å². The van der Waals surface area contributed by atoms with Crippen LogP contribution in [-0.2, 0) is 0 Å². The molecule has 0 saturated heterocycles. The molecule has 0 fully saturated rings. The van der Waals surface area contributed by atoms with Crippen LogP contribution in [-0.4, -0.2) is 0 Å². The van der Waals surface area contributed by atoms with Crippen LogP contribution < -0.4 is 0 Å². The monoisotopic (exact) mass is 286 g/mol. The molecular formula is C21H15F. The van der Waals surface area contributed by atoms with Gasteiger partial charge in [0.05, 0.1) is 0 Å². The molecule has 0 amide bonds. The first kappa shape index (κ1) is 13.0. The minimum atomic E-state index is -0.151. The largest absolute Gasteiger partial charge is 0.207 e. The van der Waals surface area contributed by atoms with Crippen molar-refractivity contribution >= 4 is 21.5 Å². The molecule has 0 aliphatic rings. The minimum absolute atomic E-state index is 0.151. The van der Waals surface area contributed by atoms with E-state index in [1.54, 1.807) is 6.07 Å². The normalized spacial score (nSPS) is 11.2. The van der Waals surface area contributed by atoms with Gasteiger partial charge in [0.15, 0.2) is 0 Å². The molecule has 0 atom stereocenters. The molecule has 4 rings (SSSR count). The lowest BCUT2D eigenvalue weighted by Crippen LogP contribution is -1.91. The topological polar surface area (TPSA) is 0 Å². The summed E-state index contributed by atoms with van der Waals surface area (Å²) >= 11 is 0. The van der Waals surface area contributed by atoms with E-state index in [-0.39, 0.29) is 5.82 Å². The summed E-state index contributed by atoms with van der Waals surface area (Å²) < 4.78 is 14.4. The summed E-state index contributed by atoms with van der Waals surface area (Å²) in [4.78, 5) is 0. The maximum Gasteiger partial charge on any atom is 0.127 e. The molecule has 0 bridgehead atoms. The number of benzene rings is 4. The van der Waals surface area contributed by atoms with E-state index in [0.717, 1.165) is 27.3 Å². The fraction of sp³-hybridized carbons (Fsp3) is 0.0476. The summed E-state index contributed by atoms with van der Waals surface area (Å²) in [7, 11) is 0. The highest BCUT2D eigenvalue weighted by atomic mass is 19.1. The predicted molar refractivity (Wildman–Crippen MR) is 91.6 cm³/mol. The molecular weight excluding hydrogens is 271 g/mol. The zero-order chi connectivity index (χ0) is 15.1. The summed E-state index contributed by atoms with van der Waals surface area (Å²) in [5.41, 5.74) is 2.75. The Kier molecular flexibility index (Phi) is 2.93. The van der Waals surface area contributed by atoms with Crippen LogP contribution in [0.2, 0.25) is 0 Å². The molecule has 0 aromatic heterocycles. The van der Waals surface area contributed by atoms with E-state index in [4.69, 9.17) is 0 Å². The summed E-state index contributed by atoms with van der Waals surface area (Å²) in [5.74, 6) is -0.151. The van der Waals surface area contributed by atoms with Crippen LogP contribution >= 0.6 is 0 Å². The third kappa shape index (κ3) is 1.98. The molecule has 106 valence electrons. The lowest BCUT2D eigenvalue weighted by Gasteiger charge is -2.13. The highest BCUT2D eigenvalue weighted by molar-refractivity contribution is 6.05. The van der Waals surface area contributed by atoms with Crippen LogP contribution in [0.4, 0.5) is 4.39 Å². The van der Waals surface area contributed by atoms with E-state index in [2.05, 4.69) is 24.3 Å². The summed E-state index contributed by atoms with van der Waals surface area (Å²) in [5, 5.41) is 4.36. The Morgan fingerprint density at radius 2 is 1.32 bits per heavy atom. The van der Waals surface area contributed by atoms with E-state index in [0.29, 0.717) is 5.56 Å². The fourth-order valence-corrected chi connectivity index (χ4v) is 3.14. The molecule has 0 N–H and O–H groups in total. The van der Waals surface area contributed by atoms with Crippen LogP contribution in [0.1, 0.15) is 5.56 Å². The van der Waals surface area contributed by atoms with E-state index < -0.39 is 0 Å². The van der Waals surface area contributed by atoms with Crippen LogP contribution in [0.5, 0.6) is 0 Å². The zero-order valence-electron chi connectivity index (χ0n) is 12.3. The van der Waals surface area contributed by atoms with Gasteiger partial charge in [-0.05, 0) is 63.4 Å². The first-order valence-electron chi connectivity index (χ1n) is 7.41. The predicted octanol–water partition coefficient (Wildman–Crippen LogP) is 6.11. The molecule has 1 heteroatoms. The van der Waals surface area contributed by atoms with Crippen LogP contribution in [0.3, 0.4) is 0 Å². The SMILES string of the molecule is Cc1c(F)cc2cc3ccccc3cc2c1-c1ccccc1. The van der Waals surface area contributed by atoms with Gasteiger partial charge in [0.1, 0.15) is 5.82 Å². The van der Waals surface area contributed by atoms with Gasteiger partial charge in [-0.15, -0.1) is 0 Å². The van der Waals surface area contributed by atoms with Gasteiger partial charge in [0.2, 0.25) is 0 Å². The highest BCUT2D eigenvalue weighted by Crippen LogP contribution is 2.35. The molecule has 0 aliphatic heterocycles. The smallest absolute Gasteiger partial charge is 0.127 e. The van der Waals surface area contributed by atoms with Gasteiger partial charge < -0.3 is 0 Å². The quantitative estimate of drug-likeness (QED) is 0.370. The molecule has 22 heavy (non-hydrogen) atoms. The van der Waals surface area contributed by atoms with Gasteiger partial charge in [0.25, 0.3) is 0 Å². The van der Waals surface area contributed by atoms with Crippen molar-refractivity contribution in [2.75, 3.05) is 0 Å². The van der Waals surface area contributed by atoms with Gasteiger partial charge in [-0.25, -0.2) is 4.39 Å². The maximum atomic E-state index is 14.4. The van der Waals surface area contributed by atoms with E-state index in [1.807, 2.05) is 49.4 Å². The van der Waals surface area contributed by atoms with E-state index in [9.17, 15) is 4.39 Å². The van der Waals surface area contributed by atoms with Crippen molar-refractivity contribution in [1.29, 1.82) is 0 Å². The van der Waals surface area contributed by atoms with Crippen LogP contribution in [0.15, 0.2) is 72.8 Å². The molecule has 0 saturated carbocycles. The number of rotatable bonds is 1. The lowest BCUT2D eigenvalue weighted by atomic mass is 9.92. The second kappa shape index (κ2) is 4.96. The first-order valence-corrected chi connectivity index (χ1v) is 7.41. The average molecular weight is 286 g/mol.